The van der Waals surface area contributed by atoms with E-state index in [0.717, 1.165) is 57.6 Å². The number of hydrogen-bond donors (Lipinski definition) is 2. The van der Waals surface area contributed by atoms with Crippen LogP contribution in [-0.4, -0.2) is 73.8 Å². The first-order valence-electron chi connectivity index (χ1n) is 13.0. The lowest BCUT2D eigenvalue weighted by molar-refractivity contribution is -0.118. The van der Waals surface area contributed by atoms with Gasteiger partial charge in [-0.1, -0.05) is 24.3 Å². The number of carbonyl (C=O) groups is 2. The quantitative estimate of drug-likeness (QED) is 0.415. The Morgan fingerprint density at radius 2 is 1.73 bits per heavy atom. The van der Waals surface area contributed by atoms with Gasteiger partial charge >= 0.3 is 0 Å². The molecule has 2 atom stereocenters. The summed E-state index contributed by atoms with van der Waals surface area (Å²) in [5.41, 5.74) is 1.66. The first kappa shape index (κ1) is 25.6. The van der Waals surface area contributed by atoms with Crippen LogP contribution < -0.4 is 14.8 Å². The second kappa shape index (κ2) is 11.6. The van der Waals surface area contributed by atoms with Crippen LogP contribution in [0, 0.1) is 5.82 Å². The molecule has 37 heavy (non-hydrogen) atoms. The molecule has 0 bridgehead atoms. The molecule has 2 fully saturated rings. The second-order valence-electron chi connectivity index (χ2n) is 9.90. The van der Waals surface area contributed by atoms with Gasteiger partial charge in [-0.3, -0.25) is 9.59 Å². The van der Waals surface area contributed by atoms with Crippen molar-refractivity contribution >= 4 is 11.7 Å². The zero-order valence-electron chi connectivity index (χ0n) is 20.8. The van der Waals surface area contributed by atoms with Gasteiger partial charge in [0.05, 0.1) is 6.04 Å². The molecule has 3 aliphatic heterocycles. The smallest absolute Gasteiger partial charge is 0.292 e. The minimum atomic E-state index is -1.25. The van der Waals surface area contributed by atoms with Gasteiger partial charge < -0.3 is 29.5 Å². The predicted molar refractivity (Wildman–Crippen MR) is 134 cm³/mol. The molecule has 0 aliphatic carbocycles. The monoisotopic (exact) mass is 512 g/mol. The number of ketones is 1. The number of amides is 1. The molecule has 9 heteroatoms. The zero-order valence-corrected chi connectivity index (χ0v) is 20.8. The number of aliphatic hydroxyl groups is 1. The molecule has 198 valence electrons. The molecule has 3 aliphatic rings. The van der Waals surface area contributed by atoms with E-state index < -0.39 is 29.7 Å². The molecule has 2 N–H and O–H groups in total. The molecule has 0 aromatic heterocycles. The van der Waals surface area contributed by atoms with Crippen LogP contribution in [0.25, 0.3) is 0 Å². The summed E-state index contributed by atoms with van der Waals surface area (Å²) in [7, 11) is 0. The summed E-state index contributed by atoms with van der Waals surface area (Å²) in [5, 5.41) is 13.9. The molecule has 1 amide bonds. The molecule has 5 rings (SSSR count). The van der Waals surface area contributed by atoms with Gasteiger partial charge in [0.25, 0.3) is 5.91 Å². The van der Waals surface area contributed by atoms with Crippen LogP contribution in [0.1, 0.15) is 59.2 Å². The van der Waals surface area contributed by atoms with Crippen molar-refractivity contribution in [2.24, 2.45) is 0 Å². The first-order chi connectivity index (χ1) is 18.0. The van der Waals surface area contributed by atoms with Gasteiger partial charge in [0.2, 0.25) is 5.78 Å². The van der Waals surface area contributed by atoms with Crippen molar-refractivity contribution in [3.63, 3.8) is 0 Å². The molecule has 3 heterocycles. The third-order valence-electron chi connectivity index (χ3n) is 7.38. The number of carbonyl (C=O) groups excluding carboxylic acids is 2. The summed E-state index contributed by atoms with van der Waals surface area (Å²) in [6.45, 7) is 3.97. The summed E-state index contributed by atoms with van der Waals surface area (Å²) in [6.07, 6.45) is 2.66. The molecule has 2 saturated heterocycles. The summed E-state index contributed by atoms with van der Waals surface area (Å²) in [6, 6.07) is 9.04. The van der Waals surface area contributed by atoms with E-state index in [4.69, 9.17) is 14.2 Å². The van der Waals surface area contributed by atoms with Crippen molar-refractivity contribution < 1.29 is 33.3 Å². The highest BCUT2D eigenvalue weighted by Gasteiger charge is 2.31. The molecular formula is C28H33FN2O6. The fourth-order valence-corrected chi connectivity index (χ4v) is 5.30. The van der Waals surface area contributed by atoms with Crippen LogP contribution in [0.4, 0.5) is 4.39 Å². The fraction of sp³-hybridized carbons (Fsp3) is 0.500. The number of fused-ring (bicyclic) bond motifs is 1. The van der Waals surface area contributed by atoms with Gasteiger partial charge in [-0.25, -0.2) is 4.39 Å². The Balaban J connectivity index is 1.31. The Hall–Kier alpha value is -3.01. The minimum absolute atomic E-state index is 0.0155. The van der Waals surface area contributed by atoms with Crippen molar-refractivity contribution in [2.45, 2.75) is 43.7 Å². The van der Waals surface area contributed by atoms with Gasteiger partial charge in [0.15, 0.2) is 17.3 Å². The number of benzene rings is 2. The van der Waals surface area contributed by atoms with E-state index in [2.05, 4.69) is 10.2 Å². The van der Waals surface area contributed by atoms with E-state index in [-0.39, 0.29) is 35.8 Å². The van der Waals surface area contributed by atoms with Gasteiger partial charge in [-0.2, -0.15) is 0 Å². The van der Waals surface area contributed by atoms with Crippen molar-refractivity contribution in [1.29, 1.82) is 0 Å². The van der Waals surface area contributed by atoms with Crippen LogP contribution in [0.5, 0.6) is 11.5 Å². The van der Waals surface area contributed by atoms with Crippen molar-refractivity contribution in [1.82, 2.24) is 10.2 Å². The predicted octanol–water partition coefficient (Wildman–Crippen LogP) is 2.99. The third-order valence-corrected chi connectivity index (χ3v) is 7.38. The highest BCUT2D eigenvalue weighted by atomic mass is 19.1. The maximum absolute atomic E-state index is 14.7. The Morgan fingerprint density at radius 1 is 1.03 bits per heavy atom. The SMILES string of the molecule is O=C(NC(CN1CCCC1)C(O)c1cc(F)c2c(c1)OCCO2)C(=O)c1ccc(C2CCOCC2)cc1. The van der Waals surface area contributed by atoms with Crippen molar-refractivity contribution in [2.75, 3.05) is 46.1 Å². The Labute approximate surface area is 215 Å². The van der Waals surface area contributed by atoms with E-state index >= 15 is 0 Å². The third kappa shape index (κ3) is 5.95. The summed E-state index contributed by atoms with van der Waals surface area (Å²) < 4.78 is 30.9. The number of likely N-dealkylation sites (tertiary alicyclic amines) is 1. The average Bonchev–Trinajstić information content (AvgIpc) is 3.45. The van der Waals surface area contributed by atoms with Gasteiger partial charge in [-0.15, -0.1) is 0 Å². The highest BCUT2D eigenvalue weighted by molar-refractivity contribution is 6.42. The number of nitrogens with one attached hydrogen (secondary N) is 1. The number of halogens is 1. The van der Waals surface area contributed by atoms with Crippen molar-refractivity contribution in [3.05, 3.63) is 58.9 Å². The molecule has 2 aromatic rings. The Morgan fingerprint density at radius 3 is 2.46 bits per heavy atom. The Kier molecular flexibility index (Phi) is 8.02. The first-order valence-corrected chi connectivity index (χ1v) is 13.0. The standard InChI is InChI=1S/C28H33FN2O6/c29-22-15-21(16-24-27(22)37-14-13-36-24)25(32)23(17-31-9-1-2-10-31)30-28(34)26(33)20-5-3-18(4-6-20)19-7-11-35-12-8-19/h3-6,15-16,19,23,25,32H,1-2,7-14,17H2,(H,30,34). The summed E-state index contributed by atoms with van der Waals surface area (Å²) >= 11 is 0. The maximum atomic E-state index is 14.7. The lowest BCUT2D eigenvalue weighted by Crippen LogP contribution is -2.48. The number of aliphatic hydroxyl groups excluding tert-OH is 1. The lowest BCUT2D eigenvalue weighted by atomic mass is 9.91. The number of ether oxygens (including phenoxy) is 3. The zero-order chi connectivity index (χ0) is 25.8. The topological polar surface area (TPSA) is 97.3 Å². The Bertz CT molecular complexity index is 1110. The van der Waals surface area contributed by atoms with Gasteiger partial charge in [-0.05, 0) is 68.0 Å². The molecule has 2 unspecified atom stereocenters. The molecular weight excluding hydrogens is 479 g/mol. The highest BCUT2D eigenvalue weighted by Crippen LogP contribution is 2.36. The molecule has 8 nitrogen and oxygen atoms in total. The van der Waals surface area contributed by atoms with Crippen LogP contribution >= 0.6 is 0 Å². The largest absolute Gasteiger partial charge is 0.486 e. The fourth-order valence-electron chi connectivity index (χ4n) is 5.30. The molecule has 2 aromatic carbocycles. The summed E-state index contributed by atoms with van der Waals surface area (Å²) in [4.78, 5) is 28.1. The van der Waals surface area contributed by atoms with E-state index in [1.807, 2.05) is 12.1 Å². The lowest BCUT2D eigenvalue weighted by Gasteiger charge is -2.29. The van der Waals surface area contributed by atoms with Crippen LogP contribution in [0.15, 0.2) is 36.4 Å². The van der Waals surface area contributed by atoms with Gasteiger partial charge in [0.1, 0.15) is 19.3 Å². The molecule has 0 radical (unpaired) electrons. The van der Waals surface area contributed by atoms with E-state index in [1.54, 1.807) is 12.1 Å². The van der Waals surface area contributed by atoms with E-state index in [9.17, 15) is 19.1 Å². The maximum Gasteiger partial charge on any atom is 0.292 e. The number of rotatable bonds is 8. The number of Topliss-reactive ketones (excluding diaryl/α,β-unsaturated/α-hetero) is 1. The van der Waals surface area contributed by atoms with Crippen LogP contribution in [0.2, 0.25) is 0 Å². The van der Waals surface area contributed by atoms with Gasteiger partial charge in [0, 0.05) is 25.3 Å². The van der Waals surface area contributed by atoms with Crippen LogP contribution in [0.3, 0.4) is 0 Å². The normalized spacial score (nSPS) is 19.8. The van der Waals surface area contributed by atoms with Crippen LogP contribution in [-0.2, 0) is 9.53 Å². The van der Waals surface area contributed by atoms with E-state index in [0.29, 0.717) is 12.5 Å². The molecule has 0 saturated carbocycles. The minimum Gasteiger partial charge on any atom is -0.486 e. The molecule has 0 spiro atoms. The van der Waals surface area contributed by atoms with Crippen molar-refractivity contribution in [3.8, 4) is 11.5 Å². The average molecular weight is 513 g/mol. The van der Waals surface area contributed by atoms with E-state index in [1.165, 1.54) is 12.1 Å². The second-order valence-corrected chi connectivity index (χ2v) is 9.90. The summed E-state index contributed by atoms with van der Waals surface area (Å²) in [5.74, 6) is -1.50. The number of nitrogens with zero attached hydrogens (tertiary/aromatic N) is 1. The number of hydrogen-bond acceptors (Lipinski definition) is 7.